The molecule has 0 saturated heterocycles. The summed E-state index contributed by atoms with van der Waals surface area (Å²) in [5.74, 6) is 0.353. The highest BCUT2D eigenvalue weighted by Crippen LogP contribution is 2.04. The maximum absolute atomic E-state index is 12.2. The molecule has 3 aromatic heterocycles. The third kappa shape index (κ3) is 2.71. The van der Waals surface area contributed by atoms with Crippen LogP contribution >= 0.6 is 0 Å². The normalized spacial score (nSPS) is 10.8. The van der Waals surface area contributed by atoms with E-state index in [0.717, 1.165) is 17.0 Å². The zero-order valence-electron chi connectivity index (χ0n) is 11.7. The molecule has 0 aliphatic carbocycles. The third-order valence-electron chi connectivity index (χ3n) is 3.04. The van der Waals surface area contributed by atoms with Gasteiger partial charge in [0.25, 0.3) is 11.7 Å². The highest BCUT2D eigenvalue weighted by atomic mass is 16.2. The van der Waals surface area contributed by atoms with Gasteiger partial charge in [-0.3, -0.25) is 14.2 Å². The summed E-state index contributed by atoms with van der Waals surface area (Å²) in [6, 6.07) is 5.59. The fraction of sp³-hybridized carbons (Fsp3) is 0.214. The average molecular weight is 282 g/mol. The highest BCUT2D eigenvalue weighted by molar-refractivity contribution is 5.91. The number of aryl methyl sites for hydroxylation is 2. The van der Waals surface area contributed by atoms with E-state index >= 15 is 0 Å². The molecule has 0 aromatic carbocycles. The smallest absolute Gasteiger partial charge is 0.289 e. The van der Waals surface area contributed by atoms with Gasteiger partial charge in [0.1, 0.15) is 0 Å². The largest absolute Gasteiger partial charge is 0.345 e. The van der Waals surface area contributed by atoms with Crippen LogP contribution in [0.15, 0.2) is 30.6 Å². The number of nitrogens with zero attached hydrogens (tertiary/aromatic N) is 5. The predicted molar refractivity (Wildman–Crippen MR) is 75.7 cm³/mol. The second kappa shape index (κ2) is 5.28. The van der Waals surface area contributed by atoms with Gasteiger partial charge in [0, 0.05) is 30.3 Å². The predicted octanol–water partition coefficient (Wildman–Crippen LogP) is 1.07. The van der Waals surface area contributed by atoms with Gasteiger partial charge in [0.05, 0.1) is 0 Å². The number of carbonyl (C=O) groups excluding carboxylic acids is 1. The molecular formula is C14H14N6O. The average Bonchev–Trinajstić information content (AvgIpc) is 2.88. The molecule has 1 N–H and O–H groups in total. The van der Waals surface area contributed by atoms with Gasteiger partial charge in [-0.2, -0.15) is 0 Å². The molecule has 1 amide bonds. The van der Waals surface area contributed by atoms with Crippen molar-refractivity contribution in [3.05, 3.63) is 53.4 Å². The molecule has 7 heteroatoms. The van der Waals surface area contributed by atoms with Crippen LogP contribution < -0.4 is 5.32 Å². The molecule has 0 unspecified atom stereocenters. The Kier molecular flexibility index (Phi) is 3.31. The second-order valence-electron chi connectivity index (χ2n) is 4.75. The van der Waals surface area contributed by atoms with Crippen LogP contribution in [0.5, 0.6) is 0 Å². The van der Waals surface area contributed by atoms with Gasteiger partial charge < -0.3 is 5.32 Å². The fourth-order valence-corrected chi connectivity index (χ4v) is 2.00. The number of rotatable bonds is 3. The zero-order valence-corrected chi connectivity index (χ0v) is 11.7. The van der Waals surface area contributed by atoms with Crippen LogP contribution in [-0.4, -0.2) is 30.5 Å². The molecule has 106 valence electrons. The summed E-state index contributed by atoms with van der Waals surface area (Å²) in [6.07, 6.45) is 3.46. The molecule has 0 bridgehead atoms. The van der Waals surface area contributed by atoms with E-state index in [-0.39, 0.29) is 11.7 Å². The summed E-state index contributed by atoms with van der Waals surface area (Å²) in [6.45, 7) is 4.18. The van der Waals surface area contributed by atoms with Crippen LogP contribution in [0.1, 0.15) is 27.6 Å². The molecule has 7 nitrogen and oxygen atoms in total. The topological polar surface area (TPSA) is 85.1 Å². The number of pyridine rings is 1. The Balaban J connectivity index is 1.78. The first-order valence-corrected chi connectivity index (χ1v) is 6.51. The van der Waals surface area contributed by atoms with E-state index in [1.165, 1.54) is 0 Å². The molecule has 3 rings (SSSR count). The van der Waals surface area contributed by atoms with Gasteiger partial charge in [0.15, 0.2) is 0 Å². The maximum Gasteiger partial charge on any atom is 0.289 e. The van der Waals surface area contributed by atoms with E-state index in [1.807, 2.05) is 26.0 Å². The van der Waals surface area contributed by atoms with Crippen LogP contribution in [-0.2, 0) is 6.54 Å². The first-order valence-electron chi connectivity index (χ1n) is 6.51. The number of hydrogen-bond acceptors (Lipinski definition) is 5. The zero-order chi connectivity index (χ0) is 14.8. The van der Waals surface area contributed by atoms with E-state index in [2.05, 4.69) is 25.5 Å². The molecule has 0 aliphatic heterocycles. The van der Waals surface area contributed by atoms with E-state index in [0.29, 0.717) is 12.3 Å². The highest BCUT2D eigenvalue weighted by Gasteiger charge is 2.14. The van der Waals surface area contributed by atoms with Gasteiger partial charge >= 0.3 is 0 Å². The molecule has 0 fully saturated rings. The van der Waals surface area contributed by atoms with Gasteiger partial charge in [-0.25, -0.2) is 4.98 Å². The van der Waals surface area contributed by atoms with Crippen LogP contribution in [0.2, 0.25) is 0 Å². The minimum Gasteiger partial charge on any atom is -0.345 e. The molecule has 3 heterocycles. The summed E-state index contributed by atoms with van der Waals surface area (Å²) >= 11 is 0. The Labute approximate surface area is 121 Å². The quantitative estimate of drug-likeness (QED) is 0.776. The summed E-state index contributed by atoms with van der Waals surface area (Å²) < 4.78 is 1.57. The van der Waals surface area contributed by atoms with Crippen molar-refractivity contribution in [1.82, 2.24) is 29.9 Å². The van der Waals surface area contributed by atoms with Crippen LogP contribution in [0.3, 0.4) is 0 Å². The van der Waals surface area contributed by atoms with Crippen molar-refractivity contribution >= 4 is 11.7 Å². The van der Waals surface area contributed by atoms with Crippen LogP contribution in [0.25, 0.3) is 5.78 Å². The van der Waals surface area contributed by atoms with Gasteiger partial charge in [-0.05, 0) is 37.6 Å². The Morgan fingerprint density at radius 3 is 2.90 bits per heavy atom. The number of amides is 1. The Bertz CT molecular complexity index is 810. The van der Waals surface area contributed by atoms with E-state index in [1.54, 1.807) is 22.9 Å². The number of carbonyl (C=O) groups is 1. The first-order chi connectivity index (χ1) is 10.1. The SMILES string of the molecule is Cc1cc(CNC(=O)c2nnc3nc(C)ccn23)ccn1. The van der Waals surface area contributed by atoms with E-state index in [4.69, 9.17) is 0 Å². The summed E-state index contributed by atoms with van der Waals surface area (Å²) in [5, 5.41) is 10.6. The minimum absolute atomic E-state index is 0.225. The number of nitrogens with one attached hydrogen (secondary N) is 1. The molecule has 21 heavy (non-hydrogen) atoms. The minimum atomic E-state index is -0.289. The van der Waals surface area contributed by atoms with Crippen molar-refractivity contribution in [1.29, 1.82) is 0 Å². The van der Waals surface area contributed by atoms with Crippen molar-refractivity contribution in [2.45, 2.75) is 20.4 Å². The van der Waals surface area contributed by atoms with Crippen molar-refractivity contribution < 1.29 is 4.79 Å². The summed E-state index contributed by atoms with van der Waals surface area (Å²) in [5.41, 5.74) is 2.72. The third-order valence-corrected chi connectivity index (χ3v) is 3.04. The second-order valence-corrected chi connectivity index (χ2v) is 4.75. The van der Waals surface area contributed by atoms with Gasteiger partial charge in [0.2, 0.25) is 5.82 Å². The first kappa shape index (κ1) is 13.2. The fourth-order valence-electron chi connectivity index (χ4n) is 2.00. The molecule has 0 aliphatic rings. The molecule has 0 spiro atoms. The van der Waals surface area contributed by atoms with Crippen molar-refractivity contribution in [3.63, 3.8) is 0 Å². The Morgan fingerprint density at radius 1 is 1.24 bits per heavy atom. The lowest BCUT2D eigenvalue weighted by molar-refractivity contribution is 0.0939. The van der Waals surface area contributed by atoms with Crippen molar-refractivity contribution in [2.75, 3.05) is 0 Å². The monoisotopic (exact) mass is 282 g/mol. The van der Waals surface area contributed by atoms with Crippen LogP contribution in [0, 0.1) is 13.8 Å². The summed E-state index contributed by atoms with van der Waals surface area (Å²) in [4.78, 5) is 20.5. The number of aromatic nitrogens is 5. The lowest BCUT2D eigenvalue weighted by Crippen LogP contribution is -2.25. The molecule has 0 radical (unpaired) electrons. The molecule has 0 atom stereocenters. The van der Waals surface area contributed by atoms with E-state index in [9.17, 15) is 4.79 Å². The molecular weight excluding hydrogens is 268 g/mol. The number of hydrogen-bond donors (Lipinski definition) is 1. The summed E-state index contributed by atoms with van der Waals surface area (Å²) in [7, 11) is 0. The van der Waals surface area contributed by atoms with Gasteiger partial charge in [-0.1, -0.05) is 0 Å². The van der Waals surface area contributed by atoms with Crippen LogP contribution in [0.4, 0.5) is 0 Å². The van der Waals surface area contributed by atoms with E-state index < -0.39 is 0 Å². The maximum atomic E-state index is 12.2. The molecule has 0 saturated carbocycles. The van der Waals surface area contributed by atoms with Crippen molar-refractivity contribution in [2.24, 2.45) is 0 Å². The lowest BCUT2D eigenvalue weighted by atomic mass is 10.2. The molecule has 3 aromatic rings. The standard InChI is InChI=1S/C14H14N6O/c1-9-4-6-20-12(18-19-14(20)17-9)13(21)16-8-11-3-5-15-10(2)7-11/h3-7H,8H2,1-2H3,(H,16,21). The Hall–Kier alpha value is -2.83. The number of fused-ring (bicyclic) bond motifs is 1. The lowest BCUT2D eigenvalue weighted by Gasteiger charge is -2.04. The Morgan fingerprint density at radius 2 is 2.10 bits per heavy atom. The van der Waals surface area contributed by atoms with Crippen molar-refractivity contribution in [3.8, 4) is 0 Å². The van der Waals surface area contributed by atoms with Gasteiger partial charge in [-0.15, -0.1) is 10.2 Å².